The van der Waals surface area contributed by atoms with Gasteiger partial charge in [-0.2, -0.15) is 0 Å². The van der Waals surface area contributed by atoms with Crippen molar-refractivity contribution in [3.05, 3.63) is 47.3 Å². The van der Waals surface area contributed by atoms with Gasteiger partial charge in [0.2, 0.25) is 24.4 Å². The lowest BCUT2D eigenvalue weighted by Crippen LogP contribution is -2.51. The van der Waals surface area contributed by atoms with Crippen LogP contribution in [-0.2, 0) is 14.4 Å². The standard InChI is InChI=1S/C34H44FN3O7/c1-5-8-23(9-6-2)38(24-11-12-26(35)21(3)14-24)31(40)19-37-17-25(22-15-28(43-4)33-29(16-22)44-20-45-33)32(34(41)42)27(37)18-36-13-7-10-30(36)39/h11-12,14-16,23,25,27,32H,5-10,13,17-20H2,1-4H3,(H,41,42). The van der Waals surface area contributed by atoms with Crippen molar-refractivity contribution in [1.29, 1.82) is 0 Å². The molecule has 0 aliphatic carbocycles. The third-order valence-electron chi connectivity index (χ3n) is 9.36. The van der Waals surface area contributed by atoms with Crippen LogP contribution in [0.3, 0.4) is 0 Å². The minimum Gasteiger partial charge on any atom is -0.493 e. The van der Waals surface area contributed by atoms with E-state index in [1.807, 2.05) is 4.90 Å². The molecule has 2 aromatic carbocycles. The van der Waals surface area contributed by atoms with E-state index >= 15 is 0 Å². The molecule has 2 fully saturated rings. The number of halogens is 1. The van der Waals surface area contributed by atoms with Gasteiger partial charge < -0.3 is 29.1 Å². The number of anilines is 1. The monoisotopic (exact) mass is 625 g/mol. The van der Waals surface area contributed by atoms with E-state index in [0.29, 0.717) is 47.0 Å². The lowest BCUT2D eigenvalue weighted by Gasteiger charge is -2.35. The number of fused-ring (bicyclic) bond motifs is 1. The summed E-state index contributed by atoms with van der Waals surface area (Å²) in [6, 6.07) is 7.61. The number of carboxylic acid groups (broad SMARTS) is 1. The van der Waals surface area contributed by atoms with Gasteiger partial charge in [0.15, 0.2) is 11.5 Å². The second-order valence-corrected chi connectivity index (χ2v) is 12.3. The van der Waals surface area contributed by atoms with E-state index in [9.17, 15) is 23.9 Å². The predicted molar refractivity (Wildman–Crippen MR) is 166 cm³/mol. The molecule has 5 rings (SSSR count). The molecule has 0 spiro atoms. The fourth-order valence-corrected chi connectivity index (χ4v) is 7.20. The fourth-order valence-electron chi connectivity index (χ4n) is 7.20. The molecule has 3 atom stereocenters. The van der Waals surface area contributed by atoms with Crippen LogP contribution in [-0.4, -0.2) is 84.9 Å². The van der Waals surface area contributed by atoms with Crippen LogP contribution >= 0.6 is 0 Å². The number of hydrogen-bond acceptors (Lipinski definition) is 7. The Morgan fingerprint density at radius 2 is 1.91 bits per heavy atom. The summed E-state index contributed by atoms with van der Waals surface area (Å²) in [6.07, 6.45) is 4.44. The molecule has 3 aliphatic rings. The number of methoxy groups -OCH3 is 1. The fraction of sp³-hybridized carbons (Fsp3) is 0.559. The minimum absolute atomic E-state index is 0.00650. The number of aliphatic carboxylic acids is 1. The maximum atomic E-state index is 14.4. The maximum Gasteiger partial charge on any atom is 0.308 e. The second-order valence-electron chi connectivity index (χ2n) is 12.3. The van der Waals surface area contributed by atoms with Gasteiger partial charge >= 0.3 is 5.97 Å². The van der Waals surface area contributed by atoms with Gasteiger partial charge in [-0.15, -0.1) is 0 Å². The molecule has 3 unspecified atom stereocenters. The van der Waals surface area contributed by atoms with Gasteiger partial charge in [-0.25, -0.2) is 4.39 Å². The Labute approximate surface area is 264 Å². The van der Waals surface area contributed by atoms with E-state index in [2.05, 4.69) is 13.8 Å². The van der Waals surface area contributed by atoms with E-state index in [4.69, 9.17) is 14.2 Å². The number of carbonyl (C=O) groups excluding carboxylic acids is 2. The maximum absolute atomic E-state index is 14.4. The average molecular weight is 626 g/mol. The zero-order chi connectivity index (χ0) is 32.2. The Hall–Kier alpha value is -3.86. The first-order valence-electron chi connectivity index (χ1n) is 16.0. The van der Waals surface area contributed by atoms with E-state index < -0.39 is 23.8 Å². The van der Waals surface area contributed by atoms with Crippen molar-refractivity contribution in [3.63, 3.8) is 0 Å². The predicted octanol–water partition coefficient (Wildman–Crippen LogP) is 4.96. The van der Waals surface area contributed by atoms with Crippen LogP contribution in [0.2, 0.25) is 0 Å². The highest BCUT2D eigenvalue weighted by Gasteiger charge is 2.49. The van der Waals surface area contributed by atoms with Crippen molar-refractivity contribution in [3.8, 4) is 17.2 Å². The second kappa shape index (κ2) is 14.1. The van der Waals surface area contributed by atoms with Crippen LogP contribution in [0.4, 0.5) is 10.1 Å². The van der Waals surface area contributed by atoms with E-state index in [0.717, 1.165) is 32.1 Å². The molecule has 244 valence electrons. The first-order valence-corrected chi connectivity index (χ1v) is 16.0. The van der Waals surface area contributed by atoms with Crippen LogP contribution in [0.15, 0.2) is 30.3 Å². The van der Waals surface area contributed by atoms with E-state index in [1.165, 1.54) is 13.2 Å². The molecule has 2 saturated heterocycles. The largest absolute Gasteiger partial charge is 0.493 e. The summed E-state index contributed by atoms with van der Waals surface area (Å²) in [4.78, 5) is 45.6. The number of carboxylic acids is 1. The smallest absolute Gasteiger partial charge is 0.308 e. The van der Waals surface area contributed by atoms with Gasteiger partial charge in [-0.1, -0.05) is 26.7 Å². The molecule has 0 bridgehead atoms. The minimum atomic E-state index is -0.996. The average Bonchev–Trinajstić information content (AvgIpc) is 3.74. The zero-order valence-electron chi connectivity index (χ0n) is 26.6. The molecule has 10 nitrogen and oxygen atoms in total. The van der Waals surface area contributed by atoms with Crippen LogP contribution in [0, 0.1) is 18.7 Å². The van der Waals surface area contributed by atoms with Crippen molar-refractivity contribution in [1.82, 2.24) is 9.80 Å². The van der Waals surface area contributed by atoms with Crippen LogP contribution in [0.25, 0.3) is 0 Å². The lowest BCUT2D eigenvalue weighted by molar-refractivity contribution is -0.144. The summed E-state index contributed by atoms with van der Waals surface area (Å²) in [5.41, 5.74) is 1.78. The Morgan fingerprint density at radius 1 is 1.16 bits per heavy atom. The summed E-state index contributed by atoms with van der Waals surface area (Å²) >= 11 is 0. The van der Waals surface area contributed by atoms with E-state index in [1.54, 1.807) is 41.0 Å². The van der Waals surface area contributed by atoms with Gasteiger partial charge in [0.25, 0.3) is 0 Å². The highest BCUT2D eigenvalue weighted by molar-refractivity contribution is 5.95. The molecule has 45 heavy (non-hydrogen) atoms. The lowest BCUT2D eigenvalue weighted by atomic mass is 9.84. The quantitative estimate of drug-likeness (QED) is 0.333. The Morgan fingerprint density at radius 3 is 2.53 bits per heavy atom. The Kier molecular flexibility index (Phi) is 10.2. The van der Waals surface area contributed by atoms with Crippen molar-refractivity contribution in [2.75, 3.05) is 45.0 Å². The van der Waals surface area contributed by atoms with Crippen molar-refractivity contribution in [2.45, 2.75) is 77.3 Å². The first kappa shape index (κ1) is 32.5. The topological polar surface area (TPSA) is 109 Å². The van der Waals surface area contributed by atoms with Gasteiger partial charge in [0.05, 0.1) is 19.6 Å². The van der Waals surface area contributed by atoms with Gasteiger partial charge in [-0.05, 0) is 67.6 Å². The molecule has 1 N–H and O–H groups in total. The molecular weight excluding hydrogens is 581 g/mol. The first-order chi connectivity index (χ1) is 21.7. The highest BCUT2D eigenvalue weighted by atomic mass is 19.1. The van der Waals surface area contributed by atoms with Gasteiger partial charge in [-0.3, -0.25) is 19.3 Å². The molecule has 2 aromatic rings. The third-order valence-corrected chi connectivity index (χ3v) is 9.36. The van der Waals surface area contributed by atoms with Crippen LogP contribution in [0.5, 0.6) is 17.2 Å². The molecule has 0 radical (unpaired) electrons. The van der Waals surface area contributed by atoms with Crippen molar-refractivity contribution < 1.29 is 38.1 Å². The summed E-state index contributed by atoms with van der Waals surface area (Å²) in [6.45, 7) is 6.88. The SMILES string of the molecule is CCCC(CCC)N(C(=O)CN1CC(c2cc(OC)c3c(c2)OCO3)C(C(=O)O)C1CN1CCCC1=O)c1ccc(F)c(C)c1. The summed E-state index contributed by atoms with van der Waals surface area (Å²) in [5.74, 6) is -1.53. The zero-order valence-corrected chi connectivity index (χ0v) is 26.6. The Bertz CT molecular complexity index is 1410. The van der Waals surface area contributed by atoms with Crippen molar-refractivity contribution >= 4 is 23.5 Å². The normalized spacial score (nSPS) is 21.2. The molecule has 11 heteroatoms. The summed E-state index contributed by atoms with van der Waals surface area (Å²) in [7, 11) is 1.52. The number of aryl methyl sites for hydroxylation is 1. The number of rotatable bonds is 13. The molecule has 3 aliphatic heterocycles. The number of hydrogen-bond donors (Lipinski definition) is 1. The van der Waals surface area contributed by atoms with Crippen LogP contribution in [0.1, 0.15) is 69.4 Å². The number of ether oxygens (including phenoxy) is 3. The highest BCUT2D eigenvalue weighted by Crippen LogP contribution is 2.47. The van der Waals surface area contributed by atoms with Gasteiger partial charge in [0.1, 0.15) is 5.82 Å². The number of benzene rings is 2. The molecule has 3 heterocycles. The number of amides is 2. The van der Waals surface area contributed by atoms with E-state index in [-0.39, 0.29) is 50.1 Å². The van der Waals surface area contributed by atoms with Crippen LogP contribution < -0.4 is 19.1 Å². The van der Waals surface area contributed by atoms with Crippen molar-refractivity contribution in [2.24, 2.45) is 5.92 Å². The Balaban J connectivity index is 1.52. The number of carbonyl (C=O) groups is 3. The van der Waals surface area contributed by atoms with Gasteiger partial charge in [0, 0.05) is 49.7 Å². The number of nitrogens with zero attached hydrogens (tertiary/aromatic N) is 3. The summed E-state index contributed by atoms with van der Waals surface area (Å²) in [5, 5.41) is 10.7. The summed E-state index contributed by atoms with van der Waals surface area (Å²) < 4.78 is 31.1. The number of likely N-dealkylation sites (tertiary alicyclic amines) is 2. The molecule has 0 aromatic heterocycles. The molecular formula is C34H44FN3O7. The molecule has 2 amide bonds. The third kappa shape index (κ3) is 6.73. The molecule has 0 saturated carbocycles.